The monoisotopic (exact) mass is 237 g/mol. The zero-order valence-electron chi connectivity index (χ0n) is 9.88. The van der Waals surface area contributed by atoms with Crippen LogP contribution in [0.15, 0.2) is 48.5 Å². The van der Waals surface area contributed by atoms with E-state index in [0.717, 1.165) is 5.56 Å². The molecular formula is C15H11NO2. The van der Waals surface area contributed by atoms with Crippen LogP contribution in [-0.2, 0) is 0 Å². The molecule has 0 bridgehead atoms. The molecule has 0 amide bonds. The summed E-state index contributed by atoms with van der Waals surface area (Å²) in [6.07, 6.45) is 0. The molecule has 2 aromatic rings. The lowest BCUT2D eigenvalue weighted by atomic mass is 10.1. The van der Waals surface area contributed by atoms with Crippen molar-refractivity contribution in [1.82, 2.24) is 0 Å². The Morgan fingerprint density at radius 2 is 1.94 bits per heavy atom. The van der Waals surface area contributed by atoms with Gasteiger partial charge in [-0.05, 0) is 31.2 Å². The number of hydrogen-bond acceptors (Lipinski definition) is 3. The van der Waals surface area contributed by atoms with Crippen molar-refractivity contribution < 1.29 is 9.53 Å². The van der Waals surface area contributed by atoms with Crippen molar-refractivity contribution in [2.24, 2.45) is 0 Å². The predicted octanol–water partition coefficient (Wildman–Crippen LogP) is 3.09. The standard InChI is InChI=1S/C15H11NO2/c1-11-5-4-7-12(9-11)15(17)18-14-8-3-2-6-13(14)10-16/h2-9H,1H3. The number of ether oxygens (including phenoxy) is 1. The van der Waals surface area contributed by atoms with E-state index in [0.29, 0.717) is 11.1 Å². The first-order chi connectivity index (χ1) is 8.70. The summed E-state index contributed by atoms with van der Waals surface area (Å²) in [7, 11) is 0. The third-order valence-electron chi connectivity index (χ3n) is 2.46. The molecule has 0 aliphatic heterocycles. The number of nitriles is 1. The molecule has 3 nitrogen and oxygen atoms in total. The number of para-hydroxylation sites is 1. The molecule has 0 spiro atoms. The Morgan fingerprint density at radius 3 is 2.67 bits per heavy atom. The summed E-state index contributed by atoms with van der Waals surface area (Å²) in [4.78, 5) is 11.9. The van der Waals surface area contributed by atoms with Crippen LogP contribution in [0, 0.1) is 18.3 Å². The van der Waals surface area contributed by atoms with Crippen molar-refractivity contribution in [1.29, 1.82) is 5.26 Å². The third kappa shape index (κ3) is 2.55. The number of carbonyl (C=O) groups excluding carboxylic acids is 1. The van der Waals surface area contributed by atoms with E-state index in [2.05, 4.69) is 0 Å². The van der Waals surface area contributed by atoms with Gasteiger partial charge in [0, 0.05) is 0 Å². The van der Waals surface area contributed by atoms with Crippen LogP contribution in [0.3, 0.4) is 0 Å². The molecule has 0 heterocycles. The summed E-state index contributed by atoms with van der Waals surface area (Å²) in [6.45, 7) is 1.90. The molecule has 0 radical (unpaired) electrons. The molecule has 0 aromatic heterocycles. The SMILES string of the molecule is Cc1cccc(C(=O)Oc2ccccc2C#N)c1. The lowest BCUT2D eigenvalue weighted by Gasteiger charge is -2.06. The molecule has 0 atom stereocenters. The highest BCUT2D eigenvalue weighted by atomic mass is 16.5. The quantitative estimate of drug-likeness (QED) is 0.595. The van der Waals surface area contributed by atoms with Crippen molar-refractivity contribution >= 4 is 5.97 Å². The Bertz CT molecular complexity index is 626. The number of rotatable bonds is 2. The largest absolute Gasteiger partial charge is 0.422 e. The number of hydrogen-bond donors (Lipinski definition) is 0. The minimum Gasteiger partial charge on any atom is -0.422 e. The fraction of sp³-hybridized carbons (Fsp3) is 0.0667. The van der Waals surface area contributed by atoms with Crippen LogP contribution in [0.2, 0.25) is 0 Å². The number of aryl methyl sites for hydroxylation is 1. The highest BCUT2D eigenvalue weighted by Crippen LogP contribution is 2.18. The molecule has 0 saturated heterocycles. The van der Waals surface area contributed by atoms with Crippen LogP contribution < -0.4 is 4.74 Å². The minimum absolute atomic E-state index is 0.284. The van der Waals surface area contributed by atoms with Crippen LogP contribution in [0.4, 0.5) is 0 Å². The van der Waals surface area contributed by atoms with Gasteiger partial charge in [0.15, 0.2) is 0 Å². The van der Waals surface area contributed by atoms with E-state index >= 15 is 0 Å². The van der Waals surface area contributed by atoms with Gasteiger partial charge in [-0.3, -0.25) is 0 Å². The summed E-state index contributed by atoms with van der Waals surface area (Å²) in [5, 5.41) is 8.90. The van der Waals surface area contributed by atoms with Gasteiger partial charge in [0.05, 0.1) is 11.1 Å². The second-order valence-corrected chi connectivity index (χ2v) is 3.87. The first kappa shape index (κ1) is 11.9. The molecule has 3 heteroatoms. The van der Waals surface area contributed by atoms with Gasteiger partial charge in [-0.25, -0.2) is 4.79 Å². The van der Waals surface area contributed by atoms with Gasteiger partial charge in [0.1, 0.15) is 11.8 Å². The summed E-state index contributed by atoms with van der Waals surface area (Å²) < 4.78 is 5.22. The molecular weight excluding hydrogens is 226 g/mol. The van der Waals surface area contributed by atoms with Crippen molar-refractivity contribution in [3.63, 3.8) is 0 Å². The number of carbonyl (C=O) groups is 1. The molecule has 2 rings (SSSR count). The van der Waals surface area contributed by atoms with Gasteiger partial charge >= 0.3 is 5.97 Å². The van der Waals surface area contributed by atoms with Gasteiger partial charge in [-0.2, -0.15) is 5.26 Å². The van der Waals surface area contributed by atoms with Gasteiger partial charge in [0.25, 0.3) is 0 Å². The van der Waals surface area contributed by atoms with Crippen molar-refractivity contribution in [2.75, 3.05) is 0 Å². The molecule has 0 fully saturated rings. The van der Waals surface area contributed by atoms with E-state index in [4.69, 9.17) is 10.00 Å². The summed E-state index contributed by atoms with van der Waals surface area (Å²) in [5.41, 5.74) is 1.80. The predicted molar refractivity (Wildman–Crippen MR) is 67.3 cm³/mol. The zero-order chi connectivity index (χ0) is 13.0. The maximum Gasteiger partial charge on any atom is 0.343 e. The molecule has 0 aliphatic carbocycles. The molecule has 0 saturated carbocycles. The number of esters is 1. The van der Waals surface area contributed by atoms with Gasteiger partial charge in [0.2, 0.25) is 0 Å². The van der Waals surface area contributed by atoms with E-state index < -0.39 is 5.97 Å². The van der Waals surface area contributed by atoms with Gasteiger partial charge in [-0.15, -0.1) is 0 Å². The minimum atomic E-state index is -0.457. The average Bonchev–Trinajstić information content (AvgIpc) is 2.39. The van der Waals surface area contributed by atoms with Crippen LogP contribution in [0.25, 0.3) is 0 Å². The molecule has 18 heavy (non-hydrogen) atoms. The number of nitrogens with zero attached hydrogens (tertiary/aromatic N) is 1. The van der Waals surface area contributed by atoms with Gasteiger partial charge in [-0.1, -0.05) is 29.8 Å². The highest BCUT2D eigenvalue weighted by Gasteiger charge is 2.11. The van der Waals surface area contributed by atoms with Crippen molar-refractivity contribution in [3.05, 3.63) is 65.2 Å². The van der Waals surface area contributed by atoms with Crippen LogP contribution in [0.1, 0.15) is 21.5 Å². The van der Waals surface area contributed by atoms with Crippen molar-refractivity contribution in [3.8, 4) is 11.8 Å². The van der Waals surface area contributed by atoms with E-state index in [9.17, 15) is 4.79 Å². The molecule has 88 valence electrons. The number of benzene rings is 2. The Balaban J connectivity index is 2.25. The van der Waals surface area contributed by atoms with Crippen LogP contribution in [0.5, 0.6) is 5.75 Å². The van der Waals surface area contributed by atoms with E-state index in [-0.39, 0.29) is 5.75 Å². The van der Waals surface area contributed by atoms with E-state index in [1.807, 2.05) is 19.1 Å². The molecule has 0 unspecified atom stereocenters. The Morgan fingerprint density at radius 1 is 1.17 bits per heavy atom. The Labute approximate surface area is 105 Å². The lowest BCUT2D eigenvalue weighted by molar-refractivity contribution is 0.0734. The van der Waals surface area contributed by atoms with Crippen LogP contribution >= 0.6 is 0 Å². The maximum absolute atomic E-state index is 11.9. The fourth-order valence-electron chi connectivity index (χ4n) is 1.58. The zero-order valence-corrected chi connectivity index (χ0v) is 9.88. The smallest absolute Gasteiger partial charge is 0.343 e. The first-order valence-corrected chi connectivity index (χ1v) is 5.48. The second-order valence-electron chi connectivity index (χ2n) is 3.87. The van der Waals surface area contributed by atoms with E-state index in [1.54, 1.807) is 42.5 Å². The second kappa shape index (κ2) is 5.15. The van der Waals surface area contributed by atoms with Gasteiger partial charge < -0.3 is 4.74 Å². The maximum atomic E-state index is 11.9. The molecule has 0 aliphatic rings. The Kier molecular flexibility index (Phi) is 3.40. The van der Waals surface area contributed by atoms with Crippen LogP contribution in [-0.4, -0.2) is 5.97 Å². The third-order valence-corrected chi connectivity index (χ3v) is 2.46. The molecule has 0 N–H and O–H groups in total. The average molecular weight is 237 g/mol. The normalized spacial score (nSPS) is 9.56. The summed E-state index contributed by atoms with van der Waals surface area (Å²) in [5.74, 6) is -0.173. The first-order valence-electron chi connectivity index (χ1n) is 5.48. The Hall–Kier alpha value is -2.60. The summed E-state index contributed by atoms with van der Waals surface area (Å²) >= 11 is 0. The van der Waals surface area contributed by atoms with Crippen molar-refractivity contribution in [2.45, 2.75) is 6.92 Å². The fourth-order valence-corrected chi connectivity index (χ4v) is 1.58. The molecule has 2 aromatic carbocycles. The summed E-state index contributed by atoms with van der Waals surface area (Å²) in [6, 6.07) is 15.8. The topological polar surface area (TPSA) is 50.1 Å². The van der Waals surface area contributed by atoms with E-state index in [1.165, 1.54) is 0 Å². The highest BCUT2D eigenvalue weighted by molar-refractivity contribution is 5.91. The lowest BCUT2D eigenvalue weighted by Crippen LogP contribution is -2.09.